The Morgan fingerprint density at radius 1 is 1.18 bits per heavy atom. The standard InChI is InChI=1S/C28H28FN3O2/c29-22-7-9-23(10-8-22)32-25-15-21-12-14-27(34,13-11-18-3-1-2-4-24(18)26(30)33)28(21,20-5-6-20)16-19(25)17-31-32/h1-4,7-10,15,17,20,34H,5-6,11-14,16H2,(H2,30,33)/t27-,28+/m0/s1. The number of fused-ring (bicyclic) bond motifs is 2. The maximum absolute atomic E-state index is 13.4. The van der Waals surface area contributed by atoms with Crippen LogP contribution in [0.5, 0.6) is 0 Å². The summed E-state index contributed by atoms with van der Waals surface area (Å²) in [6.07, 6.45) is 9.89. The zero-order valence-corrected chi connectivity index (χ0v) is 19.0. The van der Waals surface area contributed by atoms with Gasteiger partial charge in [0.05, 0.1) is 23.2 Å². The van der Waals surface area contributed by atoms with E-state index in [1.807, 2.05) is 29.1 Å². The van der Waals surface area contributed by atoms with Gasteiger partial charge in [0, 0.05) is 11.0 Å². The maximum atomic E-state index is 13.4. The number of carbonyl (C=O) groups is 1. The fourth-order valence-electron chi connectivity index (χ4n) is 6.53. The van der Waals surface area contributed by atoms with Gasteiger partial charge in [0.1, 0.15) is 5.82 Å². The van der Waals surface area contributed by atoms with Crippen LogP contribution in [0.15, 0.2) is 60.3 Å². The third-order valence-electron chi connectivity index (χ3n) is 8.31. The van der Waals surface area contributed by atoms with Crippen LogP contribution in [0.4, 0.5) is 4.39 Å². The smallest absolute Gasteiger partial charge is 0.248 e. The second-order valence-electron chi connectivity index (χ2n) is 10.1. The van der Waals surface area contributed by atoms with Crippen LogP contribution in [0.3, 0.4) is 0 Å². The van der Waals surface area contributed by atoms with Gasteiger partial charge >= 0.3 is 0 Å². The average Bonchev–Trinajstić information content (AvgIpc) is 3.56. The minimum atomic E-state index is -0.847. The summed E-state index contributed by atoms with van der Waals surface area (Å²) in [6.45, 7) is 0. The lowest BCUT2D eigenvalue weighted by Gasteiger charge is -2.46. The number of aryl methyl sites for hydroxylation is 1. The molecule has 2 fully saturated rings. The molecule has 3 aromatic rings. The van der Waals surface area contributed by atoms with Crippen molar-refractivity contribution in [2.24, 2.45) is 17.1 Å². The summed E-state index contributed by atoms with van der Waals surface area (Å²) in [5, 5.41) is 16.8. The Balaban J connectivity index is 1.35. The second-order valence-corrected chi connectivity index (χ2v) is 10.1. The van der Waals surface area contributed by atoms with Crippen molar-refractivity contribution < 1.29 is 14.3 Å². The lowest BCUT2D eigenvalue weighted by Crippen LogP contribution is -2.49. The monoisotopic (exact) mass is 457 g/mol. The van der Waals surface area contributed by atoms with Crippen molar-refractivity contribution in [3.8, 4) is 5.69 Å². The van der Waals surface area contributed by atoms with Crippen LogP contribution in [-0.4, -0.2) is 26.4 Å². The number of amides is 1. The zero-order valence-electron chi connectivity index (χ0n) is 19.0. The summed E-state index contributed by atoms with van der Waals surface area (Å²) in [6, 6.07) is 13.8. The molecular weight excluding hydrogens is 429 g/mol. The number of primary amides is 1. The first kappa shape index (κ1) is 21.3. The minimum Gasteiger partial charge on any atom is -0.389 e. The van der Waals surface area contributed by atoms with E-state index in [2.05, 4.69) is 11.2 Å². The van der Waals surface area contributed by atoms with Gasteiger partial charge in [0.2, 0.25) is 5.91 Å². The van der Waals surface area contributed by atoms with Gasteiger partial charge in [-0.3, -0.25) is 4.79 Å². The molecule has 3 aliphatic rings. The zero-order chi connectivity index (χ0) is 23.5. The second kappa shape index (κ2) is 7.64. The van der Waals surface area contributed by atoms with Gasteiger partial charge in [0.15, 0.2) is 0 Å². The van der Waals surface area contributed by atoms with Crippen LogP contribution >= 0.6 is 0 Å². The lowest BCUT2D eigenvalue weighted by atomic mass is 9.61. The van der Waals surface area contributed by atoms with Crippen molar-refractivity contribution in [3.05, 3.63) is 88.5 Å². The van der Waals surface area contributed by atoms with Gasteiger partial charge in [-0.25, -0.2) is 9.07 Å². The Morgan fingerprint density at radius 2 is 1.94 bits per heavy atom. The van der Waals surface area contributed by atoms with Gasteiger partial charge in [-0.2, -0.15) is 5.10 Å². The number of halogens is 1. The molecule has 0 spiro atoms. The van der Waals surface area contributed by atoms with E-state index in [4.69, 9.17) is 5.73 Å². The van der Waals surface area contributed by atoms with Crippen LogP contribution < -0.4 is 5.73 Å². The number of aliphatic hydroxyl groups is 1. The fourth-order valence-corrected chi connectivity index (χ4v) is 6.53. The third-order valence-corrected chi connectivity index (χ3v) is 8.31. The number of benzene rings is 2. The number of nitrogens with two attached hydrogens (primary N) is 1. The molecule has 0 radical (unpaired) electrons. The topological polar surface area (TPSA) is 81.1 Å². The SMILES string of the molecule is NC(=O)c1ccccc1CC[C@]1(O)CCC2=Cc3c(cnn3-c3ccc(F)cc3)C[C@@]21C1CC1. The van der Waals surface area contributed by atoms with Gasteiger partial charge in [0.25, 0.3) is 0 Å². The number of hydrogen-bond acceptors (Lipinski definition) is 3. The number of carbonyl (C=O) groups excluding carboxylic acids is 1. The molecule has 1 amide bonds. The van der Waals surface area contributed by atoms with Crippen molar-refractivity contribution in [2.75, 3.05) is 0 Å². The van der Waals surface area contributed by atoms with Gasteiger partial charge < -0.3 is 10.8 Å². The molecule has 2 atom stereocenters. The summed E-state index contributed by atoms with van der Waals surface area (Å²) >= 11 is 0. The largest absolute Gasteiger partial charge is 0.389 e. The van der Waals surface area contributed by atoms with Crippen molar-refractivity contribution in [3.63, 3.8) is 0 Å². The Hall–Kier alpha value is -3.25. The molecule has 0 bridgehead atoms. The maximum Gasteiger partial charge on any atom is 0.248 e. The normalized spacial score (nSPS) is 25.5. The summed E-state index contributed by atoms with van der Waals surface area (Å²) in [5.74, 6) is -0.239. The van der Waals surface area contributed by atoms with Crippen molar-refractivity contribution in [2.45, 2.75) is 50.5 Å². The van der Waals surface area contributed by atoms with Crippen LogP contribution in [0.25, 0.3) is 11.8 Å². The molecule has 6 heteroatoms. The van der Waals surface area contributed by atoms with Crippen LogP contribution in [0.1, 0.15) is 59.3 Å². The van der Waals surface area contributed by atoms with Crippen LogP contribution in [0, 0.1) is 17.2 Å². The lowest BCUT2D eigenvalue weighted by molar-refractivity contribution is -0.0661. The predicted molar refractivity (Wildman–Crippen MR) is 128 cm³/mol. The van der Waals surface area contributed by atoms with Crippen LogP contribution in [-0.2, 0) is 12.8 Å². The first-order chi connectivity index (χ1) is 16.4. The molecule has 1 aromatic heterocycles. The van der Waals surface area contributed by atoms with Crippen molar-refractivity contribution in [1.82, 2.24) is 9.78 Å². The number of aromatic nitrogens is 2. The number of rotatable bonds is 6. The molecule has 6 rings (SSSR count). The quantitative estimate of drug-likeness (QED) is 0.568. The summed E-state index contributed by atoms with van der Waals surface area (Å²) in [5.41, 5.74) is 10.2. The Kier molecular flexibility index (Phi) is 4.78. The minimum absolute atomic E-state index is 0.269. The molecule has 2 saturated carbocycles. The fraction of sp³-hybridized carbons (Fsp3) is 0.357. The molecule has 34 heavy (non-hydrogen) atoms. The van der Waals surface area contributed by atoms with E-state index >= 15 is 0 Å². The molecule has 1 heterocycles. The van der Waals surface area contributed by atoms with E-state index in [1.165, 1.54) is 17.7 Å². The van der Waals surface area contributed by atoms with E-state index < -0.39 is 11.5 Å². The van der Waals surface area contributed by atoms with E-state index in [9.17, 15) is 14.3 Å². The summed E-state index contributed by atoms with van der Waals surface area (Å²) < 4.78 is 15.3. The Morgan fingerprint density at radius 3 is 2.68 bits per heavy atom. The predicted octanol–water partition coefficient (Wildman–Crippen LogP) is 4.60. The van der Waals surface area contributed by atoms with E-state index in [0.29, 0.717) is 30.7 Å². The molecule has 3 aliphatic carbocycles. The van der Waals surface area contributed by atoms with Crippen LogP contribution in [0.2, 0.25) is 0 Å². The third kappa shape index (κ3) is 3.16. The summed E-state index contributed by atoms with van der Waals surface area (Å²) in [4.78, 5) is 11.9. The highest BCUT2D eigenvalue weighted by atomic mass is 19.1. The highest BCUT2D eigenvalue weighted by Crippen LogP contribution is 2.66. The molecule has 174 valence electrons. The van der Waals surface area contributed by atoms with Gasteiger partial charge in [-0.1, -0.05) is 23.8 Å². The number of hydrogen-bond donors (Lipinski definition) is 2. The average molecular weight is 458 g/mol. The van der Waals surface area contributed by atoms with E-state index in [1.54, 1.807) is 18.2 Å². The Labute approximate surface area is 198 Å². The molecular formula is C28H28FN3O2. The highest BCUT2D eigenvalue weighted by molar-refractivity contribution is 5.94. The molecule has 2 aromatic carbocycles. The molecule has 0 aliphatic heterocycles. The highest BCUT2D eigenvalue weighted by Gasteiger charge is 2.63. The Bertz CT molecular complexity index is 1310. The molecule has 0 unspecified atom stereocenters. The van der Waals surface area contributed by atoms with Crippen molar-refractivity contribution >= 4 is 12.0 Å². The van der Waals surface area contributed by atoms with Crippen molar-refractivity contribution in [1.29, 1.82) is 0 Å². The first-order valence-corrected chi connectivity index (χ1v) is 12.1. The number of nitrogens with zero attached hydrogens (tertiary/aromatic N) is 2. The molecule has 5 nitrogen and oxygen atoms in total. The van der Waals surface area contributed by atoms with E-state index in [-0.39, 0.29) is 11.2 Å². The van der Waals surface area contributed by atoms with E-state index in [0.717, 1.165) is 48.2 Å². The van der Waals surface area contributed by atoms with Gasteiger partial charge in [-0.15, -0.1) is 0 Å². The first-order valence-electron chi connectivity index (χ1n) is 12.1. The summed E-state index contributed by atoms with van der Waals surface area (Å²) in [7, 11) is 0. The molecule has 0 saturated heterocycles. The van der Waals surface area contributed by atoms with Gasteiger partial charge in [-0.05, 0) is 98.4 Å². The molecule has 3 N–H and O–H groups in total.